The van der Waals surface area contributed by atoms with Gasteiger partial charge in [0.1, 0.15) is 0 Å². The molecular formula is C35H37N5O4. The zero-order valence-corrected chi connectivity index (χ0v) is 24.8. The van der Waals surface area contributed by atoms with Crippen LogP contribution in [0.5, 0.6) is 0 Å². The number of fused-ring (bicyclic) bond motifs is 1. The molecular weight excluding hydrogens is 554 g/mol. The molecule has 4 aromatic rings. The Morgan fingerprint density at radius 2 is 1.75 bits per heavy atom. The topological polar surface area (TPSA) is 112 Å². The number of nitrogens with zero attached hydrogens (tertiary/aromatic N) is 5. The highest BCUT2D eigenvalue weighted by Crippen LogP contribution is 2.45. The number of para-hydroxylation sites is 1. The van der Waals surface area contributed by atoms with Gasteiger partial charge < -0.3 is 20.0 Å². The van der Waals surface area contributed by atoms with E-state index in [4.69, 9.17) is 0 Å². The third-order valence-electron chi connectivity index (χ3n) is 8.75. The highest BCUT2D eigenvalue weighted by Gasteiger charge is 2.52. The maximum Gasteiger partial charge on any atom is 0.264 e. The molecule has 1 fully saturated rings. The van der Waals surface area contributed by atoms with Crippen LogP contribution >= 0.6 is 0 Å². The summed E-state index contributed by atoms with van der Waals surface area (Å²) in [5.41, 5.74) is 3.07. The quantitative estimate of drug-likeness (QED) is 0.248. The first-order valence-corrected chi connectivity index (χ1v) is 15.2. The summed E-state index contributed by atoms with van der Waals surface area (Å²) in [5, 5.41) is 30.4. The number of allylic oxidation sites excluding steroid dienone is 1. The van der Waals surface area contributed by atoms with Gasteiger partial charge in [0.15, 0.2) is 5.60 Å². The molecule has 3 aromatic carbocycles. The summed E-state index contributed by atoms with van der Waals surface area (Å²) < 4.78 is 1.74. The van der Waals surface area contributed by atoms with Crippen LogP contribution in [-0.4, -0.2) is 50.2 Å². The zero-order valence-electron chi connectivity index (χ0n) is 24.8. The predicted molar refractivity (Wildman–Crippen MR) is 168 cm³/mol. The molecule has 0 radical (unpaired) electrons. The number of anilines is 2. The lowest BCUT2D eigenvalue weighted by molar-refractivity contribution is -0.139. The number of aliphatic hydroxyl groups is 2. The molecule has 1 aromatic heterocycles. The Balaban J connectivity index is 1.12. The maximum absolute atomic E-state index is 13.9. The molecule has 6 rings (SSSR count). The van der Waals surface area contributed by atoms with Crippen molar-refractivity contribution in [2.24, 2.45) is 5.92 Å². The Hall–Kier alpha value is -4.60. The molecule has 1 saturated heterocycles. The smallest absolute Gasteiger partial charge is 0.264 e. The lowest BCUT2D eigenvalue weighted by Crippen LogP contribution is -2.44. The number of aliphatic hydroxyl groups excluding tert-OH is 1. The second kappa shape index (κ2) is 12.6. The molecule has 9 heteroatoms. The number of aromatic nitrogens is 3. The highest BCUT2D eigenvalue weighted by molar-refractivity contribution is 6.07. The van der Waals surface area contributed by atoms with E-state index in [-0.39, 0.29) is 24.3 Å². The molecule has 0 bridgehead atoms. The van der Waals surface area contributed by atoms with E-state index in [0.717, 1.165) is 29.8 Å². The monoisotopic (exact) mass is 591 g/mol. The van der Waals surface area contributed by atoms with Crippen LogP contribution in [0, 0.1) is 5.92 Å². The fourth-order valence-electron chi connectivity index (χ4n) is 6.23. The highest BCUT2D eigenvalue weighted by atomic mass is 16.3. The number of carbonyl (C=O) groups is 2. The third kappa shape index (κ3) is 5.56. The first-order chi connectivity index (χ1) is 21.4. The largest absolute Gasteiger partial charge is 0.395 e. The molecule has 44 heavy (non-hydrogen) atoms. The molecule has 0 aliphatic carbocycles. The molecule has 0 spiro atoms. The Bertz CT molecular complexity index is 1650. The van der Waals surface area contributed by atoms with Crippen molar-refractivity contribution in [2.45, 2.75) is 50.8 Å². The first-order valence-electron chi connectivity index (χ1n) is 15.2. The van der Waals surface area contributed by atoms with Gasteiger partial charge in [-0.05, 0) is 42.2 Å². The van der Waals surface area contributed by atoms with Crippen molar-refractivity contribution in [3.8, 4) is 0 Å². The molecule has 1 unspecified atom stereocenters. The molecule has 3 atom stereocenters. The Labute approximate surface area is 257 Å². The van der Waals surface area contributed by atoms with E-state index in [1.54, 1.807) is 14.5 Å². The van der Waals surface area contributed by atoms with Crippen LogP contribution in [0.15, 0.2) is 97.2 Å². The SMILES string of the molecule is C[C@@H](/C=C/CCn1cc(C(CO)c2ccccc2)nn1)[C@]1(O)C(=O)N(Cc2ccc(N3CCCC3=O)cc2)c2ccccc21. The van der Waals surface area contributed by atoms with Gasteiger partial charge in [-0.15, -0.1) is 5.10 Å². The number of hydrogen-bond donors (Lipinski definition) is 2. The Morgan fingerprint density at radius 3 is 2.48 bits per heavy atom. The summed E-state index contributed by atoms with van der Waals surface area (Å²) in [6.07, 6.45) is 7.77. The zero-order chi connectivity index (χ0) is 30.7. The van der Waals surface area contributed by atoms with Gasteiger partial charge in [-0.1, -0.05) is 85.0 Å². The van der Waals surface area contributed by atoms with E-state index in [2.05, 4.69) is 10.3 Å². The van der Waals surface area contributed by atoms with E-state index in [1.165, 1.54) is 0 Å². The van der Waals surface area contributed by atoms with Crippen LogP contribution in [0.3, 0.4) is 0 Å². The van der Waals surface area contributed by atoms with E-state index < -0.39 is 11.5 Å². The number of amides is 2. The van der Waals surface area contributed by atoms with Crippen molar-refractivity contribution >= 4 is 23.2 Å². The first kappa shape index (κ1) is 29.5. The molecule has 226 valence electrons. The van der Waals surface area contributed by atoms with Crippen molar-refractivity contribution in [2.75, 3.05) is 23.0 Å². The van der Waals surface area contributed by atoms with Crippen LogP contribution in [0.25, 0.3) is 0 Å². The summed E-state index contributed by atoms with van der Waals surface area (Å²) in [5.74, 6) is -0.935. The summed E-state index contributed by atoms with van der Waals surface area (Å²) >= 11 is 0. The average molecular weight is 592 g/mol. The van der Waals surface area contributed by atoms with Crippen LogP contribution < -0.4 is 9.80 Å². The summed E-state index contributed by atoms with van der Waals surface area (Å²) in [6, 6.07) is 24.9. The van der Waals surface area contributed by atoms with Gasteiger partial charge in [-0.25, -0.2) is 0 Å². The van der Waals surface area contributed by atoms with Crippen molar-refractivity contribution in [3.05, 3.63) is 120 Å². The molecule has 2 aliphatic rings. The molecule has 2 N–H and O–H groups in total. The van der Waals surface area contributed by atoms with Gasteiger partial charge >= 0.3 is 0 Å². The lowest BCUT2D eigenvalue weighted by atomic mass is 9.83. The van der Waals surface area contributed by atoms with E-state index in [0.29, 0.717) is 42.9 Å². The number of benzene rings is 3. The second-order valence-corrected chi connectivity index (χ2v) is 11.5. The standard InChI is InChI=1S/C35H37N5O4/c1-25(10-7-8-20-38-23-31(36-37-38)29(24-41)27-11-3-2-4-12-27)35(44)30-13-5-6-14-32(30)40(34(35)43)22-26-16-18-28(19-17-26)39-21-9-15-33(39)42/h2-7,10-14,16-19,23,25,29,41,44H,8-9,15,20-22,24H2,1H3/b10-7+/t25-,29?,35+/m0/s1. The molecule has 9 nitrogen and oxygen atoms in total. The Kier molecular flexibility index (Phi) is 8.41. The number of aryl methyl sites for hydroxylation is 1. The predicted octanol–water partition coefficient (Wildman–Crippen LogP) is 4.55. The molecule has 3 heterocycles. The fourth-order valence-corrected chi connectivity index (χ4v) is 6.23. The van der Waals surface area contributed by atoms with Crippen LogP contribution in [0.2, 0.25) is 0 Å². The van der Waals surface area contributed by atoms with Crippen LogP contribution in [0.1, 0.15) is 54.5 Å². The summed E-state index contributed by atoms with van der Waals surface area (Å²) in [6.45, 7) is 3.41. The number of hydrogen-bond acceptors (Lipinski definition) is 6. The minimum Gasteiger partial charge on any atom is -0.395 e. The fraction of sp³-hybridized carbons (Fsp3) is 0.314. The molecule has 0 saturated carbocycles. The van der Waals surface area contributed by atoms with Crippen molar-refractivity contribution in [3.63, 3.8) is 0 Å². The lowest BCUT2D eigenvalue weighted by Gasteiger charge is -2.27. The van der Waals surface area contributed by atoms with Gasteiger partial charge in [0.05, 0.1) is 30.5 Å². The van der Waals surface area contributed by atoms with Crippen molar-refractivity contribution in [1.29, 1.82) is 0 Å². The van der Waals surface area contributed by atoms with Gasteiger partial charge in [-0.3, -0.25) is 14.3 Å². The average Bonchev–Trinajstić information content (AvgIpc) is 3.75. The van der Waals surface area contributed by atoms with Crippen LogP contribution in [0.4, 0.5) is 11.4 Å². The number of rotatable bonds is 11. The summed E-state index contributed by atoms with van der Waals surface area (Å²) in [7, 11) is 0. The minimum absolute atomic E-state index is 0.0594. The number of carbonyl (C=O) groups excluding carboxylic acids is 2. The van der Waals surface area contributed by atoms with E-state index >= 15 is 0 Å². The van der Waals surface area contributed by atoms with E-state index in [1.807, 2.05) is 104 Å². The van der Waals surface area contributed by atoms with Gasteiger partial charge in [-0.2, -0.15) is 0 Å². The minimum atomic E-state index is -1.69. The van der Waals surface area contributed by atoms with Crippen molar-refractivity contribution in [1.82, 2.24) is 15.0 Å². The van der Waals surface area contributed by atoms with Gasteiger partial charge in [0.25, 0.3) is 5.91 Å². The Morgan fingerprint density at radius 1 is 1.00 bits per heavy atom. The molecule has 2 aliphatic heterocycles. The maximum atomic E-state index is 13.9. The van der Waals surface area contributed by atoms with Gasteiger partial charge in [0, 0.05) is 42.9 Å². The normalized spacial score (nSPS) is 19.6. The van der Waals surface area contributed by atoms with E-state index in [9.17, 15) is 19.8 Å². The van der Waals surface area contributed by atoms with Crippen molar-refractivity contribution < 1.29 is 19.8 Å². The van der Waals surface area contributed by atoms with Gasteiger partial charge in [0.2, 0.25) is 5.91 Å². The molecule has 2 amide bonds. The van der Waals surface area contributed by atoms with Crippen LogP contribution in [-0.2, 0) is 28.3 Å². The third-order valence-corrected chi connectivity index (χ3v) is 8.75. The second-order valence-electron chi connectivity index (χ2n) is 11.5. The summed E-state index contributed by atoms with van der Waals surface area (Å²) in [4.78, 5) is 29.4.